The molecule has 0 aromatic carbocycles. The van der Waals surface area contributed by atoms with Crippen LogP contribution in [0.2, 0.25) is 0 Å². The second-order valence-electron chi connectivity index (χ2n) is 2.43. The van der Waals surface area contributed by atoms with E-state index in [1.54, 1.807) is 0 Å². The van der Waals surface area contributed by atoms with E-state index in [1.165, 1.54) is 6.92 Å². The van der Waals surface area contributed by atoms with Gasteiger partial charge in [-0.15, -0.1) is 0 Å². The van der Waals surface area contributed by atoms with Gasteiger partial charge in [-0.05, 0) is 13.8 Å². The van der Waals surface area contributed by atoms with Crippen molar-refractivity contribution < 1.29 is 28.2 Å². The first-order valence-electron chi connectivity index (χ1n) is 3.86. The zero-order valence-electron chi connectivity index (χ0n) is 8.13. The van der Waals surface area contributed by atoms with Gasteiger partial charge < -0.3 is 9.47 Å². The highest BCUT2D eigenvalue weighted by Crippen LogP contribution is 2.17. The molecule has 0 fully saturated rings. The number of hydrogen-bond donors (Lipinski definition) is 0. The Balaban J connectivity index is 5.00. The van der Waals surface area contributed by atoms with Crippen LogP contribution in [0.1, 0.15) is 13.8 Å². The van der Waals surface area contributed by atoms with Crippen LogP contribution in [0.15, 0.2) is 0 Å². The molecule has 14 heavy (non-hydrogen) atoms. The molecule has 0 aliphatic carbocycles. The lowest BCUT2D eigenvalue weighted by molar-refractivity contribution is -0.175. The van der Waals surface area contributed by atoms with E-state index < -0.39 is 23.4 Å². The number of Topliss-reactive ketones (excluding diaryl/α,β-unsaturated/α-hetero) is 1. The highest BCUT2D eigenvalue weighted by Gasteiger charge is 2.54. The van der Waals surface area contributed by atoms with Crippen molar-refractivity contribution in [3.8, 4) is 0 Å². The van der Waals surface area contributed by atoms with Gasteiger partial charge in [0.1, 0.15) is 0 Å². The molecule has 0 amide bonds. The van der Waals surface area contributed by atoms with Gasteiger partial charge in [-0.1, -0.05) is 0 Å². The molecule has 0 N–H and O–H groups in total. The van der Waals surface area contributed by atoms with Crippen LogP contribution in [0.3, 0.4) is 0 Å². The second-order valence-corrected chi connectivity index (χ2v) is 2.43. The second kappa shape index (κ2) is 4.69. The summed E-state index contributed by atoms with van der Waals surface area (Å²) in [5, 5.41) is 0. The molecule has 0 spiro atoms. The fraction of sp³-hybridized carbons (Fsp3) is 0.625. The Morgan fingerprint density at radius 2 is 1.79 bits per heavy atom. The fourth-order valence-electron chi connectivity index (χ4n) is 0.742. The van der Waals surface area contributed by atoms with Crippen LogP contribution in [0.4, 0.5) is 4.39 Å². The van der Waals surface area contributed by atoms with Crippen molar-refractivity contribution in [2.45, 2.75) is 19.5 Å². The van der Waals surface area contributed by atoms with E-state index in [0.717, 1.165) is 14.0 Å². The Morgan fingerprint density at radius 3 is 2.07 bits per heavy atom. The number of hydrogen-bond acceptors (Lipinski definition) is 5. The van der Waals surface area contributed by atoms with Gasteiger partial charge in [0.15, 0.2) is 5.78 Å². The highest BCUT2D eigenvalue weighted by atomic mass is 19.1. The smallest absolute Gasteiger partial charge is 0.363 e. The van der Waals surface area contributed by atoms with Crippen molar-refractivity contribution in [1.82, 2.24) is 0 Å². The van der Waals surface area contributed by atoms with Gasteiger partial charge in [-0.2, -0.15) is 0 Å². The molecule has 0 saturated carbocycles. The van der Waals surface area contributed by atoms with E-state index in [9.17, 15) is 18.8 Å². The van der Waals surface area contributed by atoms with Crippen molar-refractivity contribution in [3.05, 3.63) is 0 Å². The van der Waals surface area contributed by atoms with E-state index >= 15 is 0 Å². The number of ketones is 1. The highest BCUT2D eigenvalue weighted by molar-refractivity contribution is 6.23. The fourth-order valence-corrected chi connectivity index (χ4v) is 0.742. The van der Waals surface area contributed by atoms with E-state index in [0.29, 0.717) is 0 Å². The predicted octanol–water partition coefficient (Wildman–Crippen LogP) is 0.0198. The lowest BCUT2D eigenvalue weighted by Crippen LogP contribution is -2.50. The maximum atomic E-state index is 13.6. The topological polar surface area (TPSA) is 69.7 Å². The molecule has 0 radical (unpaired) electrons. The molecular weight excluding hydrogens is 195 g/mol. The summed E-state index contributed by atoms with van der Waals surface area (Å²) in [6, 6.07) is 0. The first-order valence-corrected chi connectivity index (χ1v) is 3.86. The zero-order valence-corrected chi connectivity index (χ0v) is 8.13. The summed E-state index contributed by atoms with van der Waals surface area (Å²) in [5.74, 6) is -4.37. The van der Waals surface area contributed by atoms with Crippen LogP contribution >= 0.6 is 0 Å². The van der Waals surface area contributed by atoms with Gasteiger partial charge in [-0.25, -0.2) is 14.0 Å². The minimum Gasteiger partial charge on any atom is -0.466 e. The summed E-state index contributed by atoms with van der Waals surface area (Å²) in [5.41, 5.74) is -3.34. The predicted molar refractivity (Wildman–Crippen MR) is 43.2 cm³/mol. The van der Waals surface area contributed by atoms with Crippen LogP contribution in [0, 0.1) is 0 Å². The van der Waals surface area contributed by atoms with Crippen molar-refractivity contribution in [3.63, 3.8) is 0 Å². The third-order valence-electron chi connectivity index (χ3n) is 1.51. The van der Waals surface area contributed by atoms with E-state index in [4.69, 9.17) is 0 Å². The number of rotatable bonds is 4. The van der Waals surface area contributed by atoms with Crippen LogP contribution in [-0.2, 0) is 23.9 Å². The largest absolute Gasteiger partial charge is 0.466 e. The minimum absolute atomic E-state index is 0.130. The van der Waals surface area contributed by atoms with Gasteiger partial charge in [0.25, 0.3) is 0 Å². The standard InChI is InChI=1S/C8H11FO5/c1-4-14-7(12)8(9,5(2)10)6(11)13-3/h4H2,1-3H3. The number of carbonyl (C=O) groups excluding carboxylic acids is 3. The molecule has 0 heterocycles. The van der Waals surface area contributed by atoms with Crippen LogP contribution < -0.4 is 0 Å². The van der Waals surface area contributed by atoms with Crippen LogP contribution in [0.5, 0.6) is 0 Å². The summed E-state index contributed by atoms with van der Waals surface area (Å²) in [6.07, 6.45) is 0. The third-order valence-corrected chi connectivity index (χ3v) is 1.51. The van der Waals surface area contributed by atoms with Crippen molar-refractivity contribution in [2.75, 3.05) is 13.7 Å². The molecule has 0 aliphatic rings. The average molecular weight is 206 g/mol. The van der Waals surface area contributed by atoms with Gasteiger partial charge in [0.2, 0.25) is 0 Å². The summed E-state index contributed by atoms with van der Waals surface area (Å²) >= 11 is 0. The molecule has 0 bridgehead atoms. The lowest BCUT2D eigenvalue weighted by atomic mass is 10.0. The van der Waals surface area contributed by atoms with Crippen molar-refractivity contribution in [1.29, 1.82) is 0 Å². The van der Waals surface area contributed by atoms with Gasteiger partial charge in [0, 0.05) is 0 Å². The number of methoxy groups -OCH3 is 1. The quantitative estimate of drug-likeness (QED) is 0.479. The lowest BCUT2D eigenvalue weighted by Gasteiger charge is -2.16. The summed E-state index contributed by atoms with van der Waals surface area (Å²) < 4.78 is 21.9. The minimum atomic E-state index is -3.34. The first kappa shape index (κ1) is 12.5. The number of carbonyl (C=O) groups is 3. The zero-order chi connectivity index (χ0) is 11.4. The molecular formula is C8H11FO5. The van der Waals surface area contributed by atoms with Crippen LogP contribution in [-0.4, -0.2) is 37.1 Å². The third kappa shape index (κ3) is 2.07. The molecule has 80 valence electrons. The summed E-state index contributed by atoms with van der Waals surface area (Å²) in [7, 11) is 0.874. The Hall–Kier alpha value is -1.46. The molecule has 0 aliphatic heterocycles. The van der Waals surface area contributed by atoms with Crippen molar-refractivity contribution in [2.24, 2.45) is 0 Å². The Bertz CT molecular complexity index is 262. The maximum absolute atomic E-state index is 13.6. The molecule has 6 heteroatoms. The SMILES string of the molecule is CCOC(=O)C(F)(C(C)=O)C(=O)OC. The molecule has 1 unspecified atom stereocenters. The van der Waals surface area contributed by atoms with E-state index in [1.807, 2.05) is 0 Å². The number of alkyl halides is 1. The van der Waals surface area contributed by atoms with E-state index in [-0.39, 0.29) is 6.61 Å². The summed E-state index contributed by atoms with van der Waals surface area (Å²) in [6.45, 7) is 2.07. The van der Waals surface area contributed by atoms with Gasteiger partial charge >= 0.3 is 17.6 Å². The number of esters is 2. The monoisotopic (exact) mass is 206 g/mol. The van der Waals surface area contributed by atoms with E-state index in [2.05, 4.69) is 9.47 Å². The molecule has 0 saturated heterocycles. The molecule has 5 nitrogen and oxygen atoms in total. The van der Waals surface area contributed by atoms with Crippen LogP contribution in [0.25, 0.3) is 0 Å². The first-order chi connectivity index (χ1) is 6.41. The number of halogens is 1. The van der Waals surface area contributed by atoms with Gasteiger partial charge in [-0.3, -0.25) is 4.79 Å². The molecule has 0 aromatic rings. The Kier molecular flexibility index (Phi) is 4.20. The van der Waals surface area contributed by atoms with Gasteiger partial charge in [0.05, 0.1) is 13.7 Å². The van der Waals surface area contributed by atoms with Crippen molar-refractivity contribution >= 4 is 17.7 Å². The average Bonchev–Trinajstić information content (AvgIpc) is 2.15. The molecule has 1 atom stereocenters. The molecule has 0 rings (SSSR count). The normalized spacial score (nSPS) is 14.0. The summed E-state index contributed by atoms with van der Waals surface area (Å²) in [4.78, 5) is 32.7. The molecule has 0 aromatic heterocycles. The Morgan fingerprint density at radius 1 is 1.29 bits per heavy atom. The maximum Gasteiger partial charge on any atom is 0.363 e. The number of ether oxygens (including phenoxy) is 2. The Labute approximate surface area is 80.2 Å².